The maximum Gasteiger partial charge on any atom is 0.194 e. The van der Waals surface area contributed by atoms with E-state index in [0.29, 0.717) is 24.4 Å². The molecule has 1 saturated heterocycles. The number of methoxy groups -OCH3 is 1. The Morgan fingerprint density at radius 1 is 1.50 bits per heavy atom. The molecule has 0 aromatic heterocycles. The molecule has 0 amide bonds. The van der Waals surface area contributed by atoms with E-state index in [-0.39, 0.29) is 35.8 Å². The molecule has 0 unspecified atom stereocenters. The summed E-state index contributed by atoms with van der Waals surface area (Å²) in [5.41, 5.74) is 0.712. The lowest BCUT2D eigenvalue weighted by atomic mass is 10.2. The second-order valence-corrected chi connectivity index (χ2v) is 5.05. The number of likely N-dealkylation sites (tertiary alicyclic amines) is 1. The van der Waals surface area contributed by atoms with Crippen LogP contribution in [0.3, 0.4) is 0 Å². The predicted molar refractivity (Wildman–Crippen MR) is 97.1 cm³/mol. The Morgan fingerprint density at radius 3 is 2.86 bits per heavy atom. The Morgan fingerprint density at radius 2 is 2.27 bits per heavy atom. The molecule has 7 heteroatoms. The number of phenolic OH excluding ortho intramolecular Hbond substituents is 1. The Balaban J connectivity index is 0.00000242. The van der Waals surface area contributed by atoms with Crippen LogP contribution in [-0.2, 0) is 6.54 Å². The number of aliphatic hydroxyl groups is 1. The Bertz CT molecular complexity index is 511. The van der Waals surface area contributed by atoms with Crippen LogP contribution >= 0.6 is 24.0 Å². The molecule has 0 bridgehead atoms. The summed E-state index contributed by atoms with van der Waals surface area (Å²) in [4.78, 5) is 6.57. The van der Waals surface area contributed by atoms with Crippen molar-refractivity contribution >= 4 is 29.9 Å². The average molecular weight is 421 g/mol. The molecule has 1 fully saturated rings. The number of hydrogen-bond donors (Lipinski definition) is 3. The first kappa shape index (κ1) is 18.8. The minimum Gasteiger partial charge on any atom is -0.508 e. The minimum atomic E-state index is -0.293. The summed E-state index contributed by atoms with van der Waals surface area (Å²) in [6.45, 7) is 4.51. The molecule has 0 spiro atoms. The number of phenols is 1. The van der Waals surface area contributed by atoms with E-state index >= 15 is 0 Å². The fourth-order valence-electron chi connectivity index (χ4n) is 2.34. The first-order valence-electron chi connectivity index (χ1n) is 7.21. The monoisotopic (exact) mass is 421 g/mol. The second kappa shape index (κ2) is 9.04. The highest BCUT2D eigenvalue weighted by Crippen LogP contribution is 2.23. The lowest BCUT2D eigenvalue weighted by Crippen LogP contribution is -2.40. The van der Waals surface area contributed by atoms with Crippen molar-refractivity contribution in [2.24, 2.45) is 4.99 Å². The summed E-state index contributed by atoms with van der Waals surface area (Å²) in [5.74, 6) is 1.66. The number of nitrogens with one attached hydrogen (secondary N) is 1. The van der Waals surface area contributed by atoms with Crippen LogP contribution in [0.2, 0.25) is 0 Å². The number of β-amino-alcohol motifs (C(OH)–C–C–N with tert-alkyl or cyclic N) is 1. The molecule has 0 radical (unpaired) electrons. The molecular formula is C15H24IN3O3. The van der Waals surface area contributed by atoms with Crippen molar-refractivity contribution < 1.29 is 14.9 Å². The van der Waals surface area contributed by atoms with Gasteiger partial charge >= 0.3 is 0 Å². The molecule has 0 saturated carbocycles. The van der Waals surface area contributed by atoms with Crippen molar-refractivity contribution in [1.82, 2.24) is 10.2 Å². The van der Waals surface area contributed by atoms with Gasteiger partial charge in [-0.2, -0.15) is 0 Å². The van der Waals surface area contributed by atoms with Crippen LogP contribution in [-0.4, -0.2) is 53.9 Å². The van der Waals surface area contributed by atoms with Crippen LogP contribution in [0, 0.1) is 0 Å². The molecule has 1 aromatic rings. The Labute approximate surface area is 148 Å². The highest BCUT2D eigenvalue weighted by molar-refractivity contribution is 14.0. The van der Waals surface area contributed by atoms with Gasteiger partial charge in [0.2, 0.25) is 0 Å². The lowest BCUT2D eigenvalue weighted by molar-refractivity contribution is 0.188. The number of rotatable bonds is 4. The molecule has 22 heavy (non-hydrogen) atoms. The van der Waals surface area contributed by atoms with Crippen molar-refractivity contribution in [3.8, 4) is 11.5 Å². The van der Waals surface area contributed by atoms with Gasteiger partial charge in [0.1, 0.15) is 11.5 Å². The van der Waals surface area contributed by atoms with Crippen LogP contribution in [0.1, 0.15) is 18.9 Å². The van der Waals surface area contributed by atoms with Crippen LogP contribution < -0.4 is 10.1 Å². The Hall–Kier alpha value is -1.22. The number of halogens is 1. The van der Waals surface area contributed by atoms with Crippen LogP contribution in [0.15, 0.2) is 23.2 Å². The number of aromatic hydroxyl groups is 1. The van der Waals surface area contributed by atoms with Gasteiger partial charge in [0.15, 0.2) is 5.96 Å². The van der Waals surface area contributed by atoms with Gasteiger partial charge in [-0.1, -0.05) is 0 Å². The molecule has 1 aromatic carbocycles. The molecule has 1 heterocycles. The fraction of sp³-hybridized carbons (Fsp3) is 0.533. The third-order valence-electron chi connectivity index (χ3n) is 3.48. The van der Waals surface area contributed by atoms with E-state index in [1.54, 1.807) is 25.3 Å². The van der Waals surface area contributed by atoms with Gasteiger partial charge in [0.25, 0.3) is 0 Å². The van der Waals surface area contributed by atoms with E-state index in [1.807, 2.05) is 11.8 Å². The molecule has 0 aliphatic carbocycles. The first-order valence-corrected chi connectivity index (χ1v) is 7.21. The molecule has 2 rings (SSSR count). The van der Waals surface area contributed by atoms with E-state index in [2.05, 4.69) is 10.3 Å². The van der Waals surface area contributed by atoms with Gasteiger partial charge in [-0.3, -0.25) is 0 Å². The van der Waals surface area contributed by atoms with Gasteiger partial charge < -0.3 is 25.2 Å². The molecule has 124 valence electrons. The molecule has 1 atom stereocenters. The fourth-order valence-corrected chi connectivity index (χ4v) is 2.34. The maximum atomic E-state index is 9.88. The number of aliphatic imine (C=N–C) groups is 1. The predicted octanol–water partition coefficient (Wildman–Crippen LogP) is 1.55. The molecule has 6 nitrogen and oxygen atoms in total. The quantitative estimate of drug-likeness (QED) is 0.391. The number of nitrogens with zero attached hydrogens (tertiary/aromatic N) is 2. The van der Waals surface area contributed by atoms with E-state index in [1.165, 1.54) is 0 Å². The molecule has 1 aliphatic heterocycles. The molecular weight excluding hydrogens is 397 g/mol. The number of ether oxygens (including phenoxy) is 1. The van der Waals surface area contributed by atoms with Crippen molar-refractivity contribution in [2.45, 2.75) is 26.0 Å². The zero-order chi connectivity index (χ0) is 15.2. The number of hydrogen-bond acceptors (Lipinski definition) is 4. The van der Waals surface area contributed by atoms with Crippen molar-refractivity contribution in [3.05, 3.63) is 23.8 Å². The maximum absolute atomic E-state index is 9.88. The smallest absolute Gasteiger partial charge is 0.194 e. The third-order valence-corrected chi connectivity index (χ3v) is 3.48. The van der Waals surface area contributed by atoms with E-state index < -0.39 is 0 Å². The average Bonchev–Trinajstić information content (AvgIpc) is 2.91. The lowest BCUT2D eigenvalue weighted by Gasteiger charge is -2.21. The number of guanidine groups is 1. The topological polar surface area (TPSA) is 77.3 Å². The highest BCUT2D eigenvalue weighted by atomic mass is 127. The normalized spacial score (nSPS) is 18.0. The minimum absolute atomic E-state index is 0. The SMILES string of the molecule is CCNC(=NCc1cc(OC)ccc1O)N1CC[C@@H](O)C1.I. The summed E-state index contributed by atoms with van der Waals surface area (Å²) >= 11 is 0. The van der Waals surface area contributed by atoms with Gasteiger partial charge in [0.05, 0.1) is 19.8 Å². The van der Waals surface area contributed by atoms with Gasteiger partial charge in [-0.05, 0) is 31.5 Å². The summed E-state index contributed by atoms with van der Waals surface area (Å²) in [5, 5.41) is 22.7. The zero-order valence-electron chi connectivity index (χ0n) is 13.0. The zero-order valence-corrected chi connectivity index (χ0v) is 15.3. The van der Waals surface area contributed by atoms with Crippen LogP contribution in [0.5, 0.6) is 11.5 Å². The van der Waals surface area contributed by atoms with E-state index in [9.17, 15) is 10.2 Å². The van der Waals surface area contributed by atoms with Gasteiger partial charge in [0, 0.05) is 25.2 Å². The van der Waals surface area contributed by atoms with Crippen LogP contribution in [0.4, 0.5) is 0 Å². The summed E-state index contributed by atoms with van der Waals surface area (Å²) in [7, 11) is 1.59. The van der Waals surface area contributed by atoms with Crippen molar-refractivity contribution in [1.29, 1.82) is 0 Å². The second-order valence-electron chi connectivity index (χ2n) is 5.05. The number of benzene rings is 1. The highest BCUT2D eigenvalue weighted by Gasteiger charge is 2.22. The Kier molecular flexibility index (Phi) is 7.74. The van der Waals surface area contributed by atoms with Crippen molar-refractivity contribution in [2.75, 3.05) is 26.7 Å². The standard InChI is InChI=1S/C15H23N3O3.HI/c1-3-16-15(18-7-6-12(19)10-18)17-9-11-8-13(21-2)4-5-14(11)20;/h4-5,8,12,19-20H,3,6-7,9-10H2,1-2H3,(H,16,17);1H/t12-;/m1./s1. The number of aliphatic hydroxyl groups excluding tert-OH is 1. The van der Waals surface area contributed by atoms with Crippen LogP contribution in [0.25, 0.3) is 0 Å². The summed E-state index contributed by atoms with van der Waals surface area (Å²) in [6.07, 6.45) is 0.466. The van der Waals surface area contributed by atoms with Gasteiger partial charge in [-0.25, -0.2) is 4.99 Å². The third kappa shape index (κ3) is 4.91. The van der Waals surface area contributed by atoms with E-state index in [0.717, 1.165) is 25.5 Å². The molecule has 1 aliphatic rings. The van der Waals surface area contributed by atoms with Crippen molar-refractivity contribution in [3.63, 3.8) is 0 Å². The van der Waals surface area contributed by atoms with Gasteiger partial charge in [-0.15, -0.1) is 24.0 Å². The first-order chi connectivity index (χ1) is 10.1. The summed E-state index contributed by atoms with van der Waals surface area (Å²) < 4.78 is 5.16. The summed E-state index contributed by atoms with van der Waals surface area (Å²) in [6, 6.07) is 5.10. The largest absolute Gasteiger partial charge is 0.508 e. The molecule has 3 N–H and O–H groups in total. The van der Waals surface area contributed by atoms with E-state index in [4.69, 9.17) is 4.74 Å².